The van der Waals surface area contributed by atoms with Crippen LogP contribution in [-0.4, -0.2) is 33.3 Å². The largest absolute Gasteiger partial charge is 0.493 e. The van der Waals surface area contributed by atoms with E-state index in [4.69, 9.17) is 4.74 Å². The second-order valence-electron chi connectivity index (χ2n) is 5.35. The van der Waals surface area contributed by atoms with Gasteiger partial charge in [-0.15, -0.1) is 24.0 Å². The molecule has 0 bridgehead atoms. The molecule has 0 aliphatic heterocycles. The highest BCUT2D eigenvalue weighted by molar-refractivity contribution is 14.0. The predicted molar refractivity (Wildman–Crippen MR) is 107 cm³/mol. The lowest BCUT2D eigenvalue weighted by Crippen LogP contribution is -2.39. The molecule has 0 spiro atoms. The highest BCUT2D eigenvalue weighted by Crippen LogP contribution is 2.29. The highest BCUT2D eigenvalue weighted by atomic mass is 127. The number of benzene rings is 1. The van der Waals surface area contributed by atoms with Crippen molar-refractivity contribution in [3.05, 3.63) is 23.8 Å². The third-order valence-electron chi connectivity index (χ3n) is 3.84. The van der Waals surface area contributed by atoms with Gasteiger partial charge in [0.25, 0.3) is 0 Å². The molecule has 0 aliphatic carbocycles. The molecule has 8 heteroatoms. The van der Waals surface area contributed by atoms with Crippen LogP contribution in [-0.2, 0) is 6.54 Å². The summed E-state index contributed by atoms with van der Waals surface area (Å²) in [5.74, 6) is 1.56. The van der Waals surface area contributed by atoms with Crippen LogP contribution in [0.2, 0.25) is 0 Å². The number of methoxy groups -OCH3 is 1. The van der Waals surface area contributed by atoms with Gasteiger partial charge in [-0.3, -0.25) is 4.99 Å². The third kappa shape index (κ3) is 8.55. The Kier molecular flexibility index (Phi) is 12.3. The minimum Gasteiger partial charge on any atom is -0.493 e. The molecule has 144 valence electrons. The van der Waals surface area contributed by atoms with Crippen molar-refractivity contribution in [3.8, 4) is 11.5 Å². The van der Waals surface area contributed by atoms with Crippen LogP contribution in [0.5, 0.6) is 11.5 Å². The van der Waals surface area contributed by atoms with Crippen LogP contribution >= 0.6 is 24.0 Å². The summed E-state index contributed by atoms with van der Waals surface area (Å²) in [5.41, 5.74) is 0.789. The molecule has 1 aromatic rings. The molecule has 25 heavy (non-hydrogen) atoms. The minimum atomic E-state index is -2.89. The molecule has 0 fully saturated rings. The quantitative estimate of drug-likeness (QED) is 0.325. The van der Waals surface area contributed by atoms with E-state index in [-0.39, 0.29) is 35.5 Å². The zero-order valence-electron chi connectivity index (χ0n) is 15.1. The van der Waals surface area contributed by atoms with Gasteiger partial charge in [0.2, 0.25) is 0 Å². The van der Waals surface area contributed by atoms with Crippen LogP contribution in [0.3, 0.4) is 0 Å². The second kappa shape index (κ2) is 13.0. The lowest BCUT2D eigenvalue weighted by Gasteiger charge is -2.17. The van der Waals surface area contributed by atoms with Crippen LogP contribution in [0, 0.1) is 5.92 Å². The number of rotatable bonds is 9. The Balaban J connectivity index is 0.00000576. The first-order valence-corrected chi connectivity index (χ1v) is 8.10. The number of ether oxygens (including phenoxy) is 2. The van der Waals surface area contributed by atoms with Crippen LogP contribution < -0.4 is 20.1 Å². The van der Waals surface area contributed by atoms with E-state index in [9.17, 15) is 8.78 Å². The Morgan fingerprint density at radius 1 is 1.16 bits per heavy atom. The van der Waals surface area contributed by atoms with Crippen molar-refractivity contribution in [2.45, 2.75) is 39.8 Å². The molecule has 1 aromatic carbocycles. The lowest BCUT2D eigenvalue weighted by molar-refractivity contribution is -0.0512. The Hall–Kier alpha value is -1.32. The molecule has 2 N–H and O–H groups in total. The van der Waals surface area contributed by atoms with Gasteiger partial charge in [0.05, 0.1) is 7.11 Å². The topological polar surface area (TPSA) is 54.9 Å². The third-order valence-corrected chi connectivity index (χ3v) is 3.84. The fourth-order valence-corrected chi connectivity index (χ4v) is 2.24. The van der Waals surface area contributed by atoms with E-state index in [1.54, 1.807) is 19.2 Å². The summed E-state index contributed by atoms with van der Waals surface area (Å²) < 4.78 is 34.4. The summed E-state index contributed by atoms with van der Waals surface area (Å²) in [5, 5.41) is 6.44. The molecule has 0 unspecified atom stereocenters. The zero-order valence-corrected chi connectivity index (χ0v) is 17.5. The van der Waals surface area contributed by atoms with Gasteiger partial charge in [0.15, 0.2) is 17.5 Å². The number of hydrogen-bond acceptors (Lipinski definition) is 3. The van der Waals surface area contributed by atoms with Gasteiger partial charge in [0, 0.05) is 20.1 Å². The molecule has 5 nitrogen and oxygen atoms in total. The summed E-state index contributed by atoms with van der Waals surface area (Å²) in [6.45, 7) is 2.71. The molecule has 0 aromatic heterocycles. The van der Waals surface area contributed by atoms with Crippen molar-refractivity contribution in [1.82, 2.24) is 10.6 Å². The van der Waals surface area contributed by atoms with E-state index in [2.05, 4.69) is 34.2 Å². The molecular weight excluding hydrogens is 443 g/mol. The number of aliphatic imine (C=N–C) groups is 1. The zero-order chi connectivity index (χ0) is 17.9. The second-order valence-corrected chi connectivity index (χ2v) is 5.35. The average Bonchev–Trinajstić information content (AvgIpc) is 2.58. The van der Waals surface area contributed by atoms with Crippen molar-refractivity contribution in [2.75, 3.05) is 20.7 Å². The molecule has 1 rings (SSSR count). The van der Waals surface area contributed by atoms with Crippen molar-refractivity contribution in [3.63, 3.8) is 0 Å². The maximum atomic E-state index is 12.5. The normalized spacial score (nSPS) is 11.3. The smallest absolute Gasteiger partial charge is 0.387 e. The maximum Gasteiger partial charge on any atom is 0.387 e. The average molecular weight is 471 g/mol. The standard InChI is InChI=1S/C17H27F2N3O2.HI/c1-5-12(6-2)10-21-17(20-3)22-11-13-7-8-14(23-4)15(9-13)24-16(18)19;/h7-9,12,16H,5-6,10-11H2,1-4H3,(H2,20,21,22);1H. The van der Waals surface area contributed by atoms with Gasteiger partial charge in [-0.1, -0.05) is 32.8 Å². The van der Waals surface area contributed by atoms with Crippen molar-refractivity contribution < 1.29 is 18.3 Å². The maximum absolute atomic E-state index is 12.5. The number of nitrogens with zero attached hydrogens (tertiary/aromatic N) is 1. The SMILES string of the molecule is CCC(CC)CNC(=NC)NCc1ccc(OC)c(OC(F)F)c1.I. The van der Waals surface area contributed by atoms with Gasteiger partial charge in [0.1, 0.15) is 0 Å². The van der Waals surface area contributed by atoms with Crippen molar-refractivity contribution in [1.29, 1.82) is 0 Å². The lowest BCUT2D eigenvalue weighted by atomic mass is 10.0. The monoisotopic (exact) mass is 471 g/mol. The number of hydrogen-bond donors (Lipinski definition) is 2. The number of nitrogens with one attached hydrogen (secondary N) is 2. The van der Waals surface area contributed by atoms with E-state index in [1.807, 2.05) is 0 Å². The predicted octanol–water partition coefficient (Wildman–Crippen LogP) is 4.02. The molecule has 0 saturated heterocycles. The van der Waals surface area contributed by atoms with E-state index in [0.717, 1.165) is 24.9 Å². The summed E-state index contributed by atoms with van der Waals surface area (Å²) in [4.78, 5) is 4.17. The fourth-order valence-electron chi connectivity index (χ4n) is 2.24. The molecule has 0 aliphatic rings. The van der Waals surface area contributed by atoms with Gasteiger partial charge in [-0.05, 0) is 23.6 Å². The Morgan fingerprint density at radius 3 is 2.36 bits per heavy atom. The van der Waals surface area contributed by atoms with E-state index < -0.39 is 6.61 Å². The molecular formula is C17H28F2IN3O2. The Morgan fingerprint density at radius 2 is 1.84 bits per heavy atom. The molecule has 0 heterocycles. The summed E-state index contributed by atoms with van der Waals surface area (Å²) in [6.07, 6.45) is 2.21. The van der Waals surface area contributed by atoms with Crippen LogP contribution in [0.4, 0.5) is 8.78 Å². The van der Waals surface area contributed by atoms with Crippen LogP contribution in [0.1, 0.15) is 32.3 Å². The van der Waals surface area contributed by atoms with E-state index >= 15 is 0 Å². The first kappa shape index (κ1) is 23.7. The fraction of sp³-hybridized carbons (Fsp3) is 0.588. The van der Waals surface area contributed by atoms with Crippen molar-refractivity contribution >= 4 is 29.9 Å². The minimum absolute atomic E-state index is 0. The number of alkyl halides is 2. The van der Waals surface area contributed by atoms with Gasteiger partial charge in [-0.25, -0.2) is 0 Å². The molecule has 0 atom stereocenters. The first-order chi connectivity index (χ1) is 11.5. The first-order valence-electron chi connectivity index (χ1n) is 8.10. The van der Waals surface area contributed by atoms with Crippen LogP contribution in [0.25, 0.3) is 0 Å². The van der Waals surface area contributed by atoms with Gasteiger partial charge in [-0.2, -0.15) is 8.78 Å². The van der Waals surface area contributed by atoms with Gasteiger partial charge >= 0.3 is 6.61 Å². The molecule has 0 radical (unpaired) electrons. The number of halogens is 3. The summed E-state index contributed by atoms with van der Waals surface area (Å²) >= 11 is 0. The Labute approximate surface area is 165 Å². The number of guanidine groups is 1. The van der Waals surface area contributed by atoms with E-state index in [1.165, 1.54) is 13.2 Å². The Bertz CT molecular complexity index is 527. The highest BCUT2D eigenvalue weighted by Gasteiger charge is 2.11. The van der Waals surface area contributed by atoms with E-state index in [0.29, 0.717) is 18.4 Å². The molecule has 0 saturated carbocycles. The van der Waals surface area contributed by atoms with Gasteiger partial charge < -0.3 is 20.1 Å². The van der Waals surface area contributed by atoms with Crippen molar-refractivity contribution in [2.24, 2.45) is 10.9 Å². The summed E-state index contributed by atoms with van der Waals surface area (Å²) in [7, 11) is 3.11. The van der Waals surface area contributed by atoms with Crippen LogP contribution in [0.15, 0.2) is 23.2 Å². The molecule has 0 amide bonds. The summed E-state index contributed by atoms with van der Waals surface area (Å²) in [6, 6.07) is 4.93.